The van der Waals surface area contributed by atoms with Crippen LogP contribution in [0.25, 0.3) is 6.08 Å². The lowest BCUT2D eigenvalue weighted by Crippen LogP contribution is -2.43. The Hall–Kier alpha value is -4.10. The van der Waals surface area contributed by atoms with Gasteiger partial charge in [0.25, 0.3) is 5.91 Å². The lowest BCUT2D eigenvalue weighted by Gasteiger charge is -2.22. The van der Waals surface area contributed by atoms with Crippen molar-refractivity contribution in [3.63, 3.8) is 0 Å². The van der Waals surface area contributed by atoms with Gasteiger partial charge >= 0.3 is 0 Å². The van der Waals surface area contributed by atoms with Crippen LogP contribution in [0.15, 0.2) is 72.8 Å². The van der Waals surface area contributed by atoms with Crippen molar-refractivity contribution in [1.82, 2.24) is 0 Å². The van der Waals surface area contributed by atoms with Crippen LogP contribution in [0.5, 0.6) is 17.2 Å². The van der Waals surface area contributed by atoms with Crippen LogP contribution in [0.4, 0.5) is 5.69 Å². The maximum Gasteiger partial charge on any atom is 0.264 e. The highest BCUT2D eigenvalue weighted by Gasteiger charge is 2.50. The summed E-state index contributed by atoms with van der Waals surface area (Å²) in [5.41, 5.74) is 0.899. The van der Waals surface area contributed by atoms with Gasteiger partial charge in [-0.05, 0) is 54.5 Å². The molecule has 0 aromatic heterocycles. The van der Waals surface area contributed by atoms with E-state index in [2.05, 4.69) is 0 Å². The third kappa shape index (κ3) is 4.50. The van der Waals surface area contributed by atoms with Crippen LogP contribution in [0.2, 0.25) is 0 Å². The number of ketones is 1. The summed E-state index contributed by atoms with van der Waals surface area (Å²) in [7, 11) is 0. The molecule has 0 spiro atoms. The van der Waals surface area contributed by atoms with Gasteiger partial charge in [0, 0.05) is 5.56 Å². The number of anilines is 1. The summed E-state index contributed by atoms with van der Waals surface area (Å²) in [6.07, 6.45) is 2.64. The number of aryl methyl sites for hydroxylation is 1. The van der Waals surface area contributed by atoms with E-state index in [1.54, 1.807) is 48.5 Å². The van der Waals surface area contributed by atoms with Gasteiger partial charge in [-0.2, -0.15) is 0 Å². The Kier molecular flexibility index (Phi) is 6.01. The highest BCUT2D eigenvalue weighted by molar-refractivity contribution is 6.10. The number of amides is 1. The number of allylic oxidation sites excluding steroid dienone is 1. The number of hydrogen-bond acceptors (Lipinski definition) is 6. The van der Waals surface area contributed by atoms with Gasteiger partial charge in [-0.1, -0.05) is 42.5 Å². The minimum atomic E-state index is -1.93. The van der Waals surface area contributed by atoms with Crippen LogP contribution in [0.3, 0.4) is 0 Å². The Morgan fingerprint density at radius 3 is 2.77 bits per heavy atom. The predicted octanol–water partition coefficient (Wildman–Crippen LogP) is 4.01. The summed E-state index contributed by atoms with van der Waals surface area (Å²) in [5.74, 6) is 1.08. The van der Waals surface area contributed by atoms with E-state index in [1.165, 1.54) is 11.0 Å². The summed E-state index contributed by atoms with van der Waals surface area (Å²) in [6, 6.07) is 20.0. The number of carbonyl (C=O) groups is 2. The van der Waals surface area contributed by atoms with Gasteiger partial charge in [0.05, 0.1) is 18.7 Å². The number of ether oxygens (including phenoxy) is 3. The number of carbonyl (C=O) groups excluding carboxylic acids is 2. The highest BCUT2D eigenvalue weighted by atomic mass is 16.7. The number of aliphatic hydroxyl groups is 1. The van der Waals surface area contributed by atoms with Gasteiger partial charge in [-0.3, -0.25) is 9.59 Å². The molecule has 1 amide bonds. The Labute approximate surface area is 203 Å². The normalized spacial score (nSPS) is 18.2. The first-order valence-electron chi connectivity index (χ1n) is 11.4. The second-order valence-corrected chi connectivity index (χ2v) is 8.59. The van der Waals surface area contributed by atoms with Crippen molar-refractivity contribution in [3.05, 3.63) is 89.5 Å². The number of fused-ring (bicyclic) bond motifs is 2. The number of rotatable bonds is 8. The first kappa shape index (κ1) is 22.7. The number of hydrogen-bond donors (Lipinski definition) is 1. The fourth-order valence-corrected chi connectivity index (χ4v) is 4.38. The van der Waals surface area contributed by atoms with E-state index < -0.39 is 11.5 Å². The molecule has 3 aromatic rings. The standard InChI is InChI=1S/C28H25NO6/c1-19-5-4-6-22(15-19)33-14-13-29-24-8-3-2-7-23(24)28(32,27(29)31)17-21(30)11-9-20-10-12-25-26(16-20)35-18-34-25/h2-12,15-16,32H,13-14,17-18H2,1H3/b11-9+. The van der Waals surface area contributed by atoms with Crippen LogP contribution in [0.1, 0.15) is 23.1 Å². The number of benzene rings is 3. The van der Waals surface area contributed by atoms with Gasteiger partial charge in [0.15, 0.2) is 22.9 Å². The smallest absolute Gasteiger partial charge is 0.264 e. The molecule has 1 N–H and O–H groups in total. The van der Waals surface area contributed by atoms with E-state index in [4.69, 9.17) is 14.2 Å². The van der Waals surface area contributed by atoms with Crippen molar-refractivity contribution in [1.29, 1.82) is 0 Å². The zero-order valence-corrected chi connectivity index (χ0v) is 19.3. The molecule has 1 atom stereocenters. The third-order valence-corrected chi connectivity index (χ3v) is 6.10. The highest BCUT2D eigenvalue weighted by Crippen LogP contribution is 2.42. The maximum absolute atomic E-state index is 13.3. The monoisotopic (exact) mass is 471 g/mol. The molecule has 2 heterocycles. The quantitative estimate of drug-likeness (QED) is 0.500. The van der Waals surface area contributed by atoms with Crippen molar-refractivity contribution < 1.29 is 28.9 Å². The number of nitrogens with zero attached hydrogens (tertiary/aromatic N) is 1. The van der Waals surface area contributed by atoms with Crippen LogP contribution < -0.4 is 19.1 Å². The summed E-state index contributed by atoms with van der Waals surface area (Å²) in [5, 5.41) is 11.4. The molecule has 0 saturated heterocycles. The first-order chi connectivity index (χ1) is 16.9. The molecule has 0 radical (unpaired) electrons. The molecule has 2 aliphatic rings. The van der Waals surface area contributed by atoms with Gasteiger partial charge < -0.3 is 24.2 Å². The molecule has 7 nitrogen and oxygen atoms in total. The third-order valence-electron chi connectivity index (χ3n) is 6.10. The molecule has 3 aromatic carbocycles. The van der Waals surface area contributed by atoms with Crippen molar-refractivity contribution in [2.24, 2.45) is 0 Å². The average Bonchev–Trinajstić information content (AvgIpc) is 3.40. The summed E-state index contributed by atoms with van der Waals surface area (Å²) < 4.78 is 16.5. The minimum absolute atomic E-state index is 0.169. The first-order valence-corrected chi connectivity index (χ1v) is 11.4. The summed E-state index contributed by atoms with van der Waals surface area (Å²) in [4.78, 5) is 27.6. The molecule has 0 bridgehead atoms. The second kappa shape index (κ2) is 9.27. The molecular weight excluding hydrogens is 446 g/mol. The maximum atomic E-state index is 13.3. The zero-order valence-electron chi connectivity index (χ0n) is 19.3. The summed E-state index contributed by atoms with van der Waals surface area (Å²) >= 11 is 0. The fraction of sp³-hybridized carbons (Fsp3) is 0.214. The zero-order chi connectivity index (χ0) is 24.4. The Morgan fingerprint density at radius 1 is 1.09 bits per heavy atom. The van der Waals surface area contributed by atoms with Gasteiger partial charge in [0.2, 0.25) is 6.79 Å². The minimum Gasteiger partial charge on any atom is -0.492 e. The Morgan fingerprint density at radius 2 is 1.91 bits per heavy atom. The van der Waals surface area contributed by atoms with Crippen molar-refractivity contribution in [2.75, 3.05) is 24.8 Å². The lowest BCUT2D eigenvalue weighted by atomic mass is 9.89. The molecule has 0 saturated carbocycles. The van der Waals surface area contributed by atoms with Gasteiger partial charge in [0.1, 0.15) is 12.4 Å². The Bertz CT molecular complexity index is 1320. The van der Waals surface area contributed by atoms with Crippen LogP contribution in [-0.4, -0.2) is 36.7 Å². The fourth-order valence-electron chi connectivity index (χ4n) is 4.38. The predicted molar refractivity (Wildman–Crippen MR) is 131 cm³/mol. The molecule has 2 aliphatic heterocycles. The van der Waals surface area contributed by atoms with E-state index in [0.29, 0.717) is 28.5 Å². The molecule has 0 fully saturated rings. The molecule has 7 heteroatoms. The van der Waals surface area contributed by atoms with E-state index in [-0.39, 0.29) is 32.1 Å². The van der Waals surface area contributed by atoms with E-state index in [1.807, 2.05) is 31.2 Å². The Balaban J connectivity index is 1.29. The molecule has 0 aliphatic carbocycles. The van der Waals surface area contributed by atoms with E-state index in [0.717, 1.165) is 11.1 Å². The lowest BCUT2D eigenvalue weighted by molar-refractivity contribution is -0.140. The van der Waals surface area contributed by atoms with E-state index in [9.17, 15) is 14.7 Å². The average molecular weight is 472 g/mol. The largest absolute Gasteiger partial charge is 0.492 e. The SMILES string of the molecule is Cc1cccc(OCCN2C(=O)C(O)(CC(=O)/C=C/c3ccc4c(c3)OCO4)c3ccccc32)c1. The van der Waals surface area contributed by atoms with Crippen molar-refractivity contribution in [2.45, 2.75) is 18.9 Å². The topological polar surface area (TPSA) is 85.3 Å². The second-order valence-electron chi connectivity index (χ2n) is 8.59. The van der Waals surface area contributed by atoms with Crippen LogP contribution in [-0.2, 0) is 15.2 Å². The van der Waals surface area contributed by atoms with Crippen molar-refractivity contribution >= 4 is 23.5 Å². The molecule has 1 unspecified atom stereocenters. The van der Waals surface area contributed by atoms with Crippen LogP contribution in [0, 0.1) is 6.92 Å². The molecular formula is C28H25NO6. The number of para-hydroxylation sites is 1. The molecule has 35 heavy (non-hydrogen) atoms. The molecule has 5 rings (SSSR count). The summed E-state index contributed by atoms with van der Waals surface area (Å²) in [6.45, 7) is 2.64. The van der Waals surface area contributed by atoms with Gasteiger partial charge in [-0.25, -0.2) is 0 Å². The van der Waals surface area contributed by atoms with Gasteiger partial charge in [-0.15, -0.1) is 0 Å². The molecule has 178 valence electrons. The van der Waals surface area contributed by atoms with E-state index >= 15 is 0 Å². The van der Waals surface area contributed by atoms with Crippen molar-refractivity contribution in [3.8, 4) is 17.2 Å². The van der Waals surface area contributed by atoms with Crippen LogP contribution >= 0.6 is 0 Å².